The van der Waals surface area contributed by atoms with Gasteiger partial charge in [-0.3, -0.25) is 14.4 Å². The Hall–Kier alpha value is -2.37. The Bertz CT molecular complexity index is 551. The van der Waals surface area contributed by atoms with Gasteiger partial charge in [-0.05, 0) is 37.0 Å². The van der Waals surface area contributed by atoms with E-state index in [2.05, 4.69) is 10.6 Å². The molecule has 0 bridgehead atoms. The first-order chi connectivity index (χ1) is 11.5. The third kappa shape index (κ3) is 6.81. The van der Waals surface area contributed by atoms with Crippen molar-refractivity contribution in [3.63, 3.8) is 0 Å². The maximum absolute atomic E-state index is 11.9. The molecule has 0 aliphatic rings. The summed E-state index contributed by atoms with van der Waals surface area (Å²) < 4.78 is 0. The lowest BCUT2D eigenvalue weighted by Gasteiger charge is -2.13. The maximum atomic E-state index is 11.9. The molecule has 0 heterocycles. The second-order valence-corrected chi connectivity index (χ2v) is 5.68. The number of carbonyl (C=O) groups is 3. The van der Waals surface area contributed by atoms with Gasteiger partial charge >= 0.3 is 5.97 Å². The van der Waals surface area contributed by atoms with E-state index in [0.29, 0.717) is 25.1 Å². The van der Waals surface area contributed by atoms with Crippen LogP contribution in [-0.2, 0) is 16.1 Å². The molecule has 0 saturated carbocycles. The number of hydrogen-bond acceptors (Lipinski definition) is 3. The van der Waals surface area contributed by atoms with Crippen LogP contribution in [0.2, 0.25) is 0 Å². The Morgan fingerprint density at radius 2 is 1.67 bits per heavy atom. The van der Waals surface area contributed by atoms with Crippen molar-refractivity contribution in [2.75, 3.05) is 6.54 Å². The van der Waals surface area contributed by atoms with E-state index in [1.807, 2.05) is 13.8 Å². The third-order valence-electron chi connectivity index (χ3n) is 3.89. The summed E-state index contributed by atoms with van der Waals surface area (Å²) in [6.07, 6.45) is 2.09. The molecule has 0 saturated heterocycles. The van der Waals surface area contributed by atoms with Crippen molar-refractivity contribution >= 4 is 17.8 Å². The molecule has 1 rings (SSSR count). The molecule has 0 atom stereocenters. The summed E-state index contributed by atoms with van der Waals surface area (Å²) in [5.74, 6) is -1.00. The molecular weight excluding hydrogens is 308 g/mol. The molecule has 0 radical (unpaired) electrons. The molecular formula is C18H26N2O4. The van der Waals surface area contributed by atoms with Gasteiger partial charge in [0.1, 0.15) is 0 Å². The zero-order valence-electron chi connectivity index (χ0n) is 14.3. The molecule has 132 valence electrons. The molecule has 6 heteroatoms. The smallest absolute Gasteiger partial charge is 0.303 e. The average molecular weight is 334 g/mol. The number of carboxylic acid groups (broad SMARTS) is 1. The van der Waals surface area contributed by atoms with Crippen LogP contribution in [0.1, 0.15) is 55.5 Å². The van der Waals surface area contributed by atoms with E-state index in [9.17, 15) is 14.4 Å². The van der Waals surface area contributed by atoms with Crippen LogP contribution in [0, 0.1) is 5.92 Å². The van der Waals surface area contributed by atoms with Crippen molar-refractivity contribution in [2.24, 2.45) is 5.92 Å². The van der Waals surface area contributed by atoms with Crippen molar-refractivity contribution in [1.82, 2.24) is 10.6 Å². The molecule has 0 fully saturated rings. The Kier molecular flexibility index (Phi) is 8.54. The Morgan fingerprint density at radius 1 is 1.04 bits per heavy atom. The lowest BCUT2D eigenvalue weighted by molar-refractivity contribution is -0.137. The molecule has 0 aliphatic carbocycles. The Labute approximate surface area is 142 Å². The maximum Gasteiger partial charge on any atom is 0.303 e. The highest BCUT2D eigenvalue weighted by Gasteiger charge is 2.13. The van der Waals surface area contributed by atoms with Crippen molar-refractivity contribution in [3.05, 3.63) is 35.4 Å². The highest BCUT2D eigenvalue weighted by Crippen LogP contribution is 2.09. The van der Waals surface area contributed by atoms with E-state index >= 15 is 0 Å². The summed E-state index contributed by atoms with van der Waals surface area (Å²) in [6.45, 7) is 4.77. The summed E-state index contributed by atoms with van der Waals surface area (Å²) >= 11 is 0. The number of rotatable bonds is 10. The van der Waals surface area contributed by atoms with E-state index in [1.165, 1.54) is 0 Å². The largest absolute Gasteiger partial charge is 0.481 e. The van der Waals surface area contributed by atoms with E-state index in [4.69, 9.17) is 5.11 Å². The second-order valence-electron chi connectivity index (χ2n) is 5.68. The van der Waals surface area contributed by atoms with Gasteiger partial charge in [0, 0.05) is 31.0 Å². The first-order valence-electron chi connectivity index (χ1n) is 8.34. The van der Waals surface area contributed by atoms with Gasteiger partial charge in [0.25, 0.3) is 5.91 Å². The molecule has 1 aromatic carbocycles. The minimum Gasteiger partial charge on any atom is -0.481 e. The fourth-order valence-electron chi connectivity index (χ4n) is 2.31. The number of benzene rings is 1. The average Bonchev–Trinajstić information content (AvgIpc) is 2.58. The zero-order chi connectivity index (χ0) is 17.9. The molecule has 1 aromatic rings. The number of carboxylic acids is 1. The Balaban J connectivity index is 2.43. The zero-order valence-corrected chi connectivity index (χ0v) is 14.3. The van der Waals surface area contributed by atoms with Crippen LogP contribution >= 0.6 is 0 Å². The van der Waals surface area contributed by atoms with Crippen LogP contribution in [0.3, 0.4) is 0 Å². The predicted octanol–water partition coefficient (Wildman–Crippen LogP) is 2.33. The summed E-state index contributed by atoms with van der Waals surface area (Å²) in [7, 11) is 0. The van der Waals surface area contributed by atoms with Crippen LogP contribution in [0.5, 0.6) is 0 Å². The minimum atomic E-state index is -0.871. The topological polar surface area (TPSA) is 95.5 Å². The van der Waals surface area contributed by atoms with Crippen molar-refractivity contribution in [1.29, 1.82) is 0 Å². The van der Waals surface area contributed by atoms with E-state index in [1.54, 1.807) is 24.3 Å². The standard InChI is InChI=1S/C18H26N2O4/c1-3-14(4-2)17(23)20-12-13-7-9-15(10-8-13)18(24)19-11-5-6-16(21)22/h7-10,14H,3-6,11-12H2,1-2H3,(H,19,24)(H,20,23)(H,21,22). The van der Waals surface area contributed by atoms with E-state index < -0.39 is 5.97 Å². The molecule has 0 aliphatic heterocycles. The third-order valence-corrected chi connectivity index (χ3v) is 3.89. The summed E-state index contributed by atoms with van der Waals surface area (Å²) in [5.41, 5.74) is 1.44. The Morgan fingerprint density at radius 3 is 2.21 bits per heavy atom. The lowest BCUT2D eigenvalue weighted by atomic mass is 10.0. The normalized spacial score (nSPS) is 10.5. The van der Waals surface area contributed by atoms with Crippen LogP contribution < -0.4 is 10.6 Å². The lowest BCUT2D eigenvalue weighted by Crippen LogP contribution is -2.29. The van der Waals surface area contributed by atoms with E-state index in [-0.39, 0.29) is 24.2 Å². The second kappa shape index (κ2) is 10.4. The molecule has 0 aromatic heterocycles. The number of aliphatic carboxylic acids is 1. The van der Waals surface area contributed by atoms with Crippen molar-refractivity contribution < 1.29 is 19.5 Å². The van der Waals surface area contributed by atoms with Crippen LogP contribution in [0.4, 0.5) is 0 Å². The molecule has 6 nitrogen and oxygen atoms in total. The first-order valence-corrected chi connectivity index (χ1v) is 8.34. The molecule has 24 heavy (non-hydrogen) atoms. The SMILES string of the molecule is CCC(CC)C(=O)NCc1ccc(C(=O)NCCCC(=O)O)cc1. The first kappa shape index (κ1) is 19.7. The summed E-state index contributed by atoms with van der Waals surface area (Å²) in [4.78, 5) is 34.2. The monoisotopic (exact) mass is 334 g/mol. The highest BCUT2D eigenvalue weighted by molar-refractivity contribution is 5.94. The van der Waals surface area contributed by atoms with Gasteiger partial charge in [-0.1, -0.05) is 26.0 Å². The van der Waals surface area contributed by atoms with Crippen LogP contribution in [-0.4, -0.2) is 29.4 Å². The number of carbonyl (C=O) groups excluding carboxylic acids is 2. The molecule has 0 spiro atoms. The van der Waals surface area contributed by atoms with Gasteiger partial charge < -0.3 is 15.7 Å². The summed E-state index contributed by atoms with van der Waals surface area (Å²) in [6, 6.07) is 7.01. The van der Waals surface area contributed by atoms with Crippen molar-refractivity contribution in [3.8, 4) is 0 Å². The predicted molar refractivity (Wildman–Crippen MR) is 91.6 cm³/mol. The number of amides is 2. The number of hydrogen-bond donors (Lipinski definition) is 3. The molecule has 3 N–H and O–H groups in total. The minimum absolute atomic E-state index is 0.0371. The summed E-state index contributed by atoms with van der Waals surface area (Å²) in [5, 5.41) is 14.1. The van der Waals surface area contributed by atoms with Crippen molar-refractivity contribution in [2.45, 2.75) is 46.1 Å². The fourth-order valence-corrected chi connectivity index (χ4v) is 2.31. The number of nitrogens with one attached hydrogen (secondary N) is 2. The molecule has 0 unspecified atom stereocenters. The van der Waals surface area contributed by atoms with Crippen LogP contribution in [0.15, 0.2) is 24.3 Å². The van der Waals surface area contributed by atoms with Gasteiger partial charge in [-0.25, -0.2) is 0 Å². The van der Waals surface area contributed by atoms with Crippen LogP contribution in [0.25, 0.3) is 0 Å². The van der Waals surface area contributed by atoms with Gasteiger partial charge in [0.2, 0.25) is 5.91 Å². The van der Waals surface area contributed by atoms with Gasteiger partial charge in [-0.15, -0.1) is 0 Å². The fraction of sp³-hybridized carbons (Fsp3) is 0.500. The molecule has 2 amide bonds. The van der Waals surface area contributed by atoms with Gasteiger partial charge in [0.05, 0.1) is 0 Å². The van der Waals surface area contributed by atoms with Gasteiger partial charge in [-0.2, -0.15) is 0 Å². The highest BCUT2D eigenvalue weighted by atomic mass is 16.4. The quantitative estimate of drug-likeness (QED) is 0.572. The van der Waals surface area contributed by atoms with Gasteiger partial charge in [0.15, 0.2) is 0 Å². The van der Waals surface area contributed by atoms with E-state index in [0.717, 1.165) is 18.4 Å².